The van der Waals surface area contributed by atoms with Crippen LogP contribution in [0.2, 0.25) is 0 Å². The van der Waals surface area contributed by atoms with E-state index in [1.54, 1.807) is 7.11 Å². The number of methoxy groups -OCH3 is 1. The summed E-state index contributed by atoms with van der Waals surface area (Å²) in [4.78, 5) is 0. The van der Waals surface area contributed by atoms with E-state index in [4.69, 9.17) is 10.5 Å². The number of rotatable bonds is 2. The molecule has 0 atom stereocenters. The van der Waals surface area contributed by atoms with Crippen LogP contribution < -0.4 is 10.5 Å². The first-order chi connectivity index (χ1) is 7.66. The lowest BCUT2D eigenvalue weighted by atomic mass is 9.47. The molecule has 2 aliphatic rings. The van der Waals surface area contributed by atoms with Crippen LogP contribution in [0, 0.1) is 5.41 Å². The molecule has 0 bridgehead atoms. The van der Waals surface area contributed by atoms with Gasteiger partial charge >= 0.3 is 0 Å². The van der Waals surface area contributed by atoms with Crippen LogP contribution in [0.1, 0.15) is 37.7 Å². The predicted molar refractivity (Wildman–Crippen MR) is 64.4 cm³/mol. The summed E-state index contributed by atoms with van der Waals surface area (Å²) >= 11 is 0. The fraction of sp³-hybridized carbons (Fsp3) is 0.571. The van der Waals surface area contributed by atoms with E-state index in [1.165, 1.54) is 24.8 Å². The van der Waals surface area contributed by atoms with E-state index in [0.717, 1.165) is 18.6 Å². The smallest absolute Gasteiger partial charge is 0.119 e. The van der Waals surface area contributed by atoms with Gasteiger partial charge in [0.2, 0.25) is 0 Å². The minimum absolute atomic E-state index is 0.0883. The van der Waals surface area contributed by atoms with Gasteiger partial charge in [0, 0.05) is 5.54 Å². The first-order valence-electron chi connectivity index (χ1n) is 6.09. The molecule has 2 N–H and O–H groups in total. The number of ether oxygens (including phenoxy) is 1. The highest BCUT2D eigenvalue weighted by Gasteiger charge is 2.55. The van der Waals surface area contributed by atoms with Gasteiger partial charge in [-0.25, -0.2) is 0 Å². The molecular formula is C14H19NO. The van der Waals surface area contributed by atoms with Gasteiger partial charge in [0.25, 0.3) is 0 Å². The zero-order valence-corrected chi connectivity index (χ0v) is 9.83. The van der Waals surface area contributed by atoms with Crippen molar-refractivity contribution in [2.75, 3.05) is 7.11 Å². The van der Waals surface area contributed by atoms with E-state index < -0.39 is 0 Å². The molecule has 0 radical (unpaired) electrons. The van der Waals surface area contributed by atoms with Crippen LogP contribution in [0.25, 0.3) is 0 Å². The van der Waals surface area contributed by atoms with E-state index in [1.807, 2.05) is 12.1 Å². The van der Waals surface area contributed by atoms with Gasteiger partial charge in [-0.15, -0.1) is 0 Å². The lowest BCUT2D eigenvalue weighted by molar-refractivity contribution is -0.0462. The number of benzene rings is 1. The molecule has 2 nitrogen and oxygen atoms in total. The normalized spacial score (nSPS) is 24.6. The van der Waals surface area contributed by atoms with Crippen molar-refractivity contribution in [2.45, 2.75) is 37.6 Å². The Kier molecular flexibility index (Phi) is 2.05. The van der Waals surface area contributed by atoms with Crippen LogP contribution >= 0.6 is 0 Å². The van der Waals surface area contributed by atoms with E-state index in [2.05, 4.69) is 12.1 Å². The maximum absolute atomic E-state index is 6.48. The zero-order chi connectivity index (χ0) is 11.2. The Balaban J connectivity index is 1.81. The van der Waals surface area contributed by atoms with E-state index in [-0.39, 0.29) is 5.54 Å². The Hall–Kier alpha value is -1.02. The van der Waals surface area contributed by atoms with Gasteiger partial charge in [-0.05, 0) is 48.8 Å². The van der Waals surface area contributed by atoms with Crippen LogP contribution in [0.5, 0.6) is 5.75 Å². The molecule has 3 rings (SSSR count). The molecule has 16 heavy (non-hydrogen) atoms. The Bertz CT molecular complexity index is 401. The summed E-state index contributed by atoms with van der Waals surface area (Å²) in [6.45, 7) is 0. The second kappa shape index (κ2) is 3.24. The Labute approximate surface area is 96.8 Å². The van der Waals surface area contributed by atoms with Crippen molar-refractivity contribution >= 4 is 0 Å². The van der Waals surface area contributed by atoms with Crippen LogP contribution in [0.4, 0.5) is 0 Å². The molecule has 2 saturated carbocycles. The molecule has 0 heterocycles. The van der Waals surface area contributed by atoms with Crippen molar-refractivity contribution < 1.29 is 4.74 Å². The molecule has 0 saturated heterocycles. The molecule has 2 heteroatoms. The second-order valence-electron chi connectivity index (χ2n) is 5.60. The Morgan fingerprint density at radius 2 is 2.00 bits per heavy atom. The van der Waals surface area contributed by atoms with Gasteiger partial charge in [0.15, 0.2) is 0 Å². The van der Waals surface area contributed by atoms with Crippen LogP contribution in [0.3, 0.4) is 0 Å². The van der Waals surface area contributed by atoms with Crippen molar-refractivity contribution in [1.29, 1.82) is 0 Å². The van der Waals surface area contributed by atoms with Crippen molar-refractivity contribution in [3.8, 4) is 5.75 Å². The molecular weight excluding hydrogens is 198 g/mol. The van der Waals surface area contributed by atoms with Crippen molar-refractivity contribution in [3.63, 3.8) is 0 Å². The van der Waals surface area contributed by atoms with Gasteiger partial charge < -0.3 is 10.5 Å². The third-order valence-corrected chi connectivity index (χ3v) is 4.44. The maximum Gasteiger partial charge on any atom is 0.119 e. The number of hydrogen-bond acceptors (Lipinski definition) is 2. The SMILES string of the molecule is COc1cccc(C2(N)CC3(CCC3)C2)c1. The molecule has 86 valence electrons. The summed E-state index contributed by atoms with van der Waals surface area (Å²) in [5.74, 6) is 0.914. The van der Waals surface area contributed by atoms with Gasteiger partial charge in [0.1, 0.15) is 5.75 Å². The third-order valence-electron chi connectivity index (χ3n) is 4.44. The van der Waals surface area contributed by atoms with Crippen molar-refractivity contribution in [1.82, 2.24) is 0 Å². The maximum atomic E-state index is 6.48. The molecule has 0 unspecified atom stereocenters. The summed E-state index contributed by atoms with van der Waals surface area (Å²) in [6, 6.07) is 8.23. The summed E-state index contributed by atoms with van der Waals surface area (Å²) in [5.41, 5.74) is 8.24. The fourth-order valence-electron chi connectivity index (χ4n) is 3.45. The summed E-state index contributed by atoms with van der Waals surface area (Å²) in [5, 5.41) is 0. The number of nitrogens with two attached hydrogens (primary N) is 1. The van der Waals surface area contributed by atoms with Crippen LogP contribution in [0.15, 0.2) is 24.3 Å². The molecule has 0 aliphatic heterocycles. The molecule has 1 aromatic carbocycles. The second-order valence-corrected chi connectivity index (χ2v) is 5.60. The highest BCUT2D eigenvalue weighted by Crippen LogP contribution is 2.62. The fourth-order valence-corrected chi connectivity index (χ4v) is 3.45. The summed E-state index contributed by atoms with van der Waals surface area (Å²) in [7, 11) is 1.70. The van der Waals surface area contributed by atoms with Crippen molar-refractivity contribution in [2.24, 2.45) is 11.1 Å². The van der Waals surface area contributed by atoms with Crippen LogP contribution in [-0.4, -0.2) is 7.11 Å². The van der Waals surface area contributed by atoms with E-state index in [0.29, 0.717) is 5.41 Å². The third kappa shape index (κ3) is 1.36. The minimum Gasteiger partial charge on any atom is -0.497 e. The Morgan fingerprint density at radius 1 is 1.25 bits per heavy atom. The lowest BCUT2D eigenvalue weighted by Crippen LogP contribution is -2.58. The minimum atomic E-state index is -0.0883. The van der Waals surface area contributed by atoms with Crippen LogP contribution in [-0.2, 0) is 5.54 Å². The lowest BCUT2D eigenvalue weighted by Gasteiger charge is -2.60. The van der Waals surface area contributed by atoms with Gasteiger partial charge in [-0.2, -0.15) is 0 Å². The summed E-state index contributed by atoms with van der Waals surface area (Å²) < 4.78 is 5.26. The molecule has 0 amide bonds. The zero-order valence-electron chi connectivity index (χ0n) is 9.83. The largest absolute Gasteiger partial charge is 0.497 e. The Morgan fingerprint density at radius 3 is 2.56 bits per heavy atom. The first kappa shape index (κ1) is 10.2. The van der Waals surface area contributed by atoms with Gasteiger partial charge in [-0.1, -0.05) is 18.6 Å². The van der Waals surface area contributed by atoms with Gasteiger partial charge in [-0.3, -0.25) is 0 Å². The molecule has 0 aromatic heterocycles. The molecule has 2 fully saturated rings. The molecule has 1 aromatic rings. The van der Waals surface area contributed by atoms with E-state index >= 15 is 0 Å². The van der Waals surface area contributed by atoms with E-state index in [9.17, 15) is 0 Å². The summed E-state index contributed by atoms with van der Waals surface area (Å²) in [6.07, 6.45) is 6.49. The average molecular weight is 217 g/mol. The van der Waals surface area contributed by atoms with Crippen molar-refractivity contribution in [3.05, 3.63) is 29.8 Å². The van der Waals surface area contributed by atoms with Gasteiger partial charge in [0.05, 0.1) is 7.11 Å². The molecule has 1 spiro atoms. The molecule has 2 aliphatic carbocycles. The standard InChI is InChI=1S/C14H19NO/c1-16-12-5-2-4-11(8-12)14(15)9-13(10-14)6-3-7-13/h2,4-5,8H,3,6-7,9-10,15H2,1H3. The topological polar surface area (TPSA) is 35.2 Å². The number of hydrogen-bond donors (Lipinski definition) is 1. The predicted octanol–water partition coefficient (Wildman–Crippen LogP) is 2.81. The average Bonchev–Trinajstić information content (AvgIpc) is 2.22. The first-order valence-corrected chi connectivity index (χ1v) is 6.09. The quantitative estimate of drug-likeness (QED) is 0.826. The highest BCUT2D eigenvalue weighted by atomic mass is 16.5. The monoisotopic (exact) mass is 217 g/mol. The highest BCUT2D eigenvalue weighted by molar-refractivity contribution is 5.36.